The molecule has 0 atom stereocenters. The van der Waals surface area contributed by atoms with Crippen LogP contribution >= 0.6 is 0 Å². The van der Waals surface area contributed by atoms with E-state index in [0.29, 0.717) is 17.1 Å². The minimum Gasteiger partial charge on any atom is -0.326 e. The number of hydrogen-bond acceptors (Lipinski definition) is 3. The minimum atomic E-state index is -0.224. The molecule has 2 amide bonds. The first-order chi connectivity index (χ1) is 14.1. The van der Waals surface area contributed by atoms with Gasteiger partial charge in [0.1, 0.15) is 0 Å². The van der Waals surface area contributed by atoms with E-state index in [4.69, 9.17) is 5.10 Å². The van der Waals surface area contributed by atoms with Gasteiger partial charge >= 0.3 is 0 Å². The van der Waals surface area contributed by atoms with Crippen molar-refractivity contribution in [2.45, 2.75) is 39.0 Å². The summed E-state index contributed by atoms with van der Waals surface area (Å²) in [6, 6.07) is 17.1. The lowest BCUT2D eigenvalue weighted by molar-refractivity contribution is -0.114. The molecule has 3 aromatic rings. The average Bonchev–Trinajstić information content (AvgIpc) is 2.90. The van der Waals surface area contributed by atoms with E-state index < -0.39 is 0 Å². The summed E-state index contributed by atoms with van der Waals surface area (Å²) in [5.74, 6) is -0.377. The van der Waals surface area contributed by atoms with E-state index in [-0.39, 0.29) is 11.8 Å². The molecule has 0 saturated heterocycles. The molecule has 148 valence electrons. The second-order valence-corrected chi connectivity index (χ2v) is 7.30. The number of amides is 2. The molecule has 0 spiro atoms. The molecule has 0 saturated carbocycles. The maximum Gasteiger partial charge on any atom is 0.276 e. The van der Waals surface area contributed by atoms with E-state index >= 15 is 0 Å². The predicted molar refractivity (Wildman–Crippen MR) is 114 cm³/mol. The van der Waals surface area contributed by atoms with Crippen molar-refractivity contribution in [1.82, 2.24) is 9.78 Å². The number of carbonyl (C=O) groups is 2. The zero-order valence-corrected chi connectivity index (χ0v) is 16.4. The molecule has 1 aliphatic rings. The Morgan fingerprint density at radius 2 is 1.62 bits per heavy atom. The monoisotopic (exact) mass is 388 g/mol. The van der Waals surface area contributed by atoms with Gasteiger partial charge in [-0.25, -0.2) is 4.68 Å². The molecule has 4 rings (SSSR count). The van der Waals surface area contributed by atoms with Crippen molar-refractivity contribution in [2.24, 2.45) is 0 Å². The predicted octanol–water partition coefficient (Wildman–Crippen LogP) is 4.35. The first-order valence-corrected chi connectivity index (χ1v) is 9.97. The summed E-state index contributed by atoms with van der Waals surface area (Å²) in [6.45, 7) is 1.46. The van der Waals surface area contributed by atoms with E-state index in [1.54, 1.807) is 24.3 Å². The van der Waals surface area contributed by atoms with E-state index in [2.05, 4.69) is 10.6 Å². The zero-order chi connectivity index (χ0) is 20.2. The summed E-state index contributed by atoms with van der Waals surface area (Å²) in [4.78, 5) is 24.4. The summed E-state index contributed by atoms with van der Waals surface area (Å²) in [7, 11) is 0. The van der Waals surface area contributed by atoms with Gasteiger partial charge in [0.25, 0.3) is 5.91 Å². The van der Waals surface area contributed by atoms with Crippen LogP contribution in [0, 0.1) is 0 Å². The van der Waals surface area contributed by atoms with Crippen LogP contribution in [0.15, 0.2) is 54.6 Å². The van der Waals surface area contributed by atoms with Crippen molar-refractivity contribution in [3.63, 3.8) is 0 Å². The molecule has 2 aromatic carbocycles. The molecular weight excluding hydrogens is 364 g/mol. The topological polar surface area (TPSA) is 76.0 Å². The largest absolute Gasteiger partial charge is 0.326 e. The second-order valence-electron chi connectivity index (χ2n) is 7.30. The molecule has 0 radical (unpaired) electrons. The first kappa shape index (κ1) is 18.9. The van der Waals surface area contributed by atoms with Gasteiger partial charge in [-0.3, -0.25) is 9.59 Å². The van der Waals surface area contributed by atoms with Gasteiger partial charge in [-0.1, -0.05) is 30.7 Å². The number of nitrogens with one attached hydrogen (secondary N) is 2. The molecule has 2 N–H and O–H groups in total. The molecule has 1 aromatic heterocycles. The van der Waals surface area contributed by atoms with E-state index in [1.807, 2.05) is 35.0 Å². The van der Waals surface area contributed by atoms with Crippen molar-refractivity contribution >= 4 is 23.2 Å². The van der Waals surface area contributed by atoms with Crippen molar-refractivity contribution in [3.05, 3.63) is 71.5 Å². The van der Waals surface area contributed by atoms with Gasteiger partial charge in [-0.15, -0.1) is 0 Å². The van der Waals surface area contributed by atoms with Crippen LogP contribution < -0.4 is 10.6 Å². The SMILES string of the molecule is CC(=O)Nc1cccc(NC(=O)c2nn(-c3ccccc3)c3c2CCCCC3)c1. The van der Waals surface area contributed by atoms with Gasteiger partial charge < -0.3 is 10.6 Å². The van der Waals surface area contributed by atoms with Crippen LogP contribution in [0.1, 0.15) is 47.9 Å². The van der Waals surface area contributed by atoms with Crippen molar-refractivity contribution in [1.29, 1.82) is 0 Å². The zero-order valence-electron chi connectivity index (χ0n) is 16.4. The highest BCUT2D eigenvalue weighted by molar-refractivity contribution is 6.04. The lowest BCUT2D eigenvalue weighted by atomic mass is 10.1. The fourth-order valence-electron chi connectivity index (χ4n) is 3.81. The van der Waals surface area contributed by atoms with E-state index in [0.717, 1.165) is 49.0 Å². The van der Waals surface area contributed by atoms with Crippen LogP contribution in [0.4, 0.5) is 11.4 Å². The van der Waals surface area contributed by atoms with Gasteiger partial charge in [-0.05, 0) is 56.0 Å². The Morgan fingerprint density at radius 1 is 0.897 bits per heavy atom. The van der Waals surface area contributed by atoms with Crippen LogP contribution in [-0.4, -0.2) is 21.6 Å². The molecule has 6 heteroatoms. The second kappa shape index (κ2) is 8.31. The quantitative estimate of drug-likeness (QED) is 0.653. The van der Waals surface area contributed by atoms with Crippen molar-refractivity contribution < 1.29 is 9.59 Å². The maximum absolute atomic E-state index is 13.1. The van der Waals surface area contributed by atoms with Crippen LogP contribution in [-0.2, 0) is 17.6 Å². The molecule has 29 heavy (non-hydrogen) atoms. The standard InChI is InChI=1S/C23H24N4O2/c1-16(28)24-17-9-8-10-18(15-17)25-23(29)22-20-13-6-3-7-14-21(20)27(26-22)19-11-4-2-5-12-19/h2,4-5,8-12,15H,3,6-7,13-14H2,1H3,(H,24,28)(H,25,29). The van der Waals surface area contributed by atoms with E-state index in [9.17, 15) is 9.59 Å². The number of benzene rings is 2. The molecule has 1 aliphatic carbocycles. The third kappa shape index (κ3) is 4.21. The fourth-order valence-corrected chi connectivity index (χ4v) is 3.81. The van der Waals surface area contributed by atoms with Crippen molar-refractivity contribution in [2.75, 3.05) is 10.6 Å². The molecule has 0 fully saturated rings. The van der Waals surface area contributed by atoms with Crippen LogP contribution in [0.3, 0.4) is 0 Å². The number of hydrogen-bond donors (Lipinski definition) is 2. The number of carbonyl (C=O) groups excluding carboxylic acids is 2. The number of nitrogens with zero attached hydrogens (tertiary/aromatic N) is 2. The smallest absolute Gasteiger partial charge is 0.276 e. The number of anilines is 2. The van der Waals surface area contributed by atoms with Gasteiger partial charge in [0, 0.05) is 29.6 Å². The Kier molecular flexibility index (Phi) is 5.42. The Bertz CT molecular complexity index is 1040. The lowest BCUT2D eigenvalue weighted by Crippen LogP contribution is -2.15. The highest BCUT2D eigenvalue weighted by Crippen LogP contribution is 2.27. The summed E-state index contributed by atoms with van der Waals surface area (Å²) in [5.41, 5.74) is 4.89. The Morgan fingerprint density at radius 3 is 2.38 bits per heavy atom. The average molecular weight is 388 g/mol. The van der Waals surface area contributed by atoms with Crippen LogP contribution in [0.2, 0.25) is 0 Å². The molecule has 6 nitrogen and oxygen atoms in total. The highest BCUT2D eigenvalue weighted by atomic mass is 16.2. The molecule has 0 unspecified atom stereocenters. The molecular formula is C23H24N4O2. The van der Waals surface area contributed by atoms with Crippen LogP contribution in [0.25, 0.3) is 5.69 Å². The third-order valence-electron chi connectivity index (χ3n) is 5.09. The molecule has 0 bridgehead atoms. The van der Waals surface area contributed by atoms with Gasteiger partial charge in [0.05, 0.1) is 5.69 Å². The Labute approximate surface area is 169 Å². The summed E-state index contributed by atoms with van der Waals surface area (Å²) >= 11 is 0. The number of rotatable bonds is 4. The van der Waals surface area contributed by atoms with Crippen molar-refractivity contribution in [3.8, 4) is 5.69 Å². The fraction of sp³-hybridized carbons (Fsp3) is 0.261. The minimum absolute atomic E-state index is 0.152. The Balaban J connectivity index is 1.67. The number of aromatic nitrogens is 2. The third-order valence-corrected chi connectivity index (χ3v) is 5.09. The first-order valence-electron chi connectivity index (χ1n) is 9.97. The maximum atomic E-state index is 13.1. The van der Waals surface area contributed by atoms with Crippen LogP contribution in [0.5, 0.6) is 0 Å². The Hall–Kier alpha value is -3.41. The van der Waals surface area contributed by atoms with Gasteiger partial charge in [-0.2, -0.15) is 5.10 Å². The lowest BCUT2D eigenvalue weighted by Gasteiger charge is -2.08. The molecule has 1 heterocycles. The van der Waals surface area contributed by atoms with Gasteiger partial charge in [0.15, 0.2) is 5.69 Å². The van der Waals surface area contributed by atoms with Gasteiger partial charge in [0.2, 0.25) is 5.91 Å². The summed E-state index contributed by atoms with van der Waals surface area (Å²) in [6.07, 6.45) is 5.10. The molecule has 0 aliphatic heterocycles. The summed E-state index contributed by atoms with van der Waals surface area (Å²) < 4.78 is 1.92. The summed E-state index contributed by atoms with van der Waals surface area (Å²) in [5, 5.41) is 10.4. The van der Waals surface area contributed by atoms with E-state index in [1.165, 1.54) is 6.92 Å². The normalized spacial score (nSPS) is 13.3. The highest BCUT2D eigenvalue weighted by Gasteiger charge is 2.24. The number of para-hydroxylation sites is 1. The number of fused-ring (bicyclic) bond motifs is 1.